The second-order valence-electron chi connectivity index (χ2n) is 4.74. The van der Waals surface area contributed by atoms with E-state index < -0.39 is 23.9 Å². The number of amides is 1. The van der Waals surface area contributed by atoms with E-state index in [4.69, 9.17) is 0 Å². The van der Waals surface area contributed by atoms with Gasteiger partial charge in [-0.1, -0.05) is 6.07 Å². The highest BCUT2D eigenvalue weighted by atomic mass is 19.4. The van der Waals surface area contributed by atoms with Crippen molar-refractivity contribution >= 4 is 5.91 Å². The summed E-state index contributed by atoms with van der Waals surface area (Å²) in [6, 6.07) is 3.08. The lowest BCUT2D eigenvalue weighted by atomic mass is 9.99. The Balaban J connectivity index is 2.89. The number of carbonyl (C=O) groups excluding carboxylic acids is 1. The maximum absolute atomic E-state index is 12.9. The molecular weight excluding hydrogens is 303 g/mol. The van der Waals surface area contributed by atoms with Gasteiger partial charge >= 0.3 is 6.18 Å². The quantitative estimate of drug-likeness (QED) is 0.744. The number of benzene rings is 1. The predicted octanol–water partition coefficient (Wildman–Crippen LogP) is 1.63. The second-order valence-corrected chi connectivity index (χ2v) is 4.74. The number of hydrogen-bond acceptors (Lipinski definition) is 4. The average Bonchev–Trinajstić information content (AvgIpc) is 2.44. The number of carbonyl (C=O) groups is 1. The first-order valence-electron chi connectivity index (χ1n) is 6.52. The molecule has 8 heteroatoms. The van der Waals surface area contributed by atoms with Crippen molar-refractivity contribution in [2.75, 3.05) is 13.7 Å². The van der Waals surface area contributed by atoms with Gasteiger partial charge in [0.25, 0.3) is 0 Å². The molecule has 0 saturated heterocycles. The molecule has 0 aliphatic carbocycles. The lowest BCUT2D eigenvalue weighted by Gasteiger charge is -2.20. The summed E-state index contributed by atoms with van der Waals surface area (Å²) in [5, 5.41) is 22.2. The van der Waals surface area contributed by atoms with Crippen LogP contribution < -0.4 is 10.1 Å². The number of aliphatic hydroxyl groups is 2. The van der Waals surface area contributed by atoms with Crippen molar-refractivity contribution in [1.29, 1.82) is 0 Å². The fourth-order valence-corrected chi connectivity index (χ4v) is 1.91. The molecule has 1 rings (SSSR count). The second kappa shape index (κ2) is 7.46. The molecule has 2 unspecified atom stereocenters. The van der Waals surface area contributed by atoms with Crippen molar-refractivity contribution in [3.05, 3.63) is 29.3 Å². The SMILES string of the molecule is COc1ccc(C(O)C(O)CCNC(C)=O)cc1C(F)(F)F. The van der Waals surface area contributed by atoms with E-state index in [1.807, 2.05) is 0 Å². The standard InChI is InChI=1S/C14H18F3NO4/c1-8(19)18-6-5-11(20)13(21)9-3-4-12(22-2)10(7-9)14(15,16)17/h3-4,7,11,13,20-21H,5-6H2,1-2H3,(H,18,19). The molecule has 22 heavy (non-hydrogen) atoms. The summed E-state index contributed by atoms with van der Waals surface area (Å²) in [7, 11) is 1.11. The smallest absolute Gasteiger partial charge is 0.419 e. The molecule has 0 spiro atoms. The van der Waals surface area contributed by atoms with Crippen molar-refractivity contribution in [3.8, 4) is 5.75 Å². The Morgan fingerprint density at radius 1 is 1.36 bits per heavy atom. The van der Waals surface area contributed by atoms with Crippen LogP contribution in [-0.2, 0) is 11.0 Å². The van der Waals surface area contributed by atoms with E-state index in [2.05, 4.69) is 10.1 Å². The van der Waals surface area contributed by atoms with E-state index >= 15 is 0 Å². The van der Waals surface area contributed by atoms with Crippen LogP contribution in [-0.4, -0.2) is 35.9 Å². The predicted molar refractivity (Wildman–Crippen MR) is 72.3 cm³/mol. The fourth-order valence-electron chi connectivity index (χ4n) is 1.91. The zero-order chi connectivity index (χ0) is 16.9. The Labute approximate surface area is 125 Å². The van der Waals surface area contributed by atoms with Crippen LogP contribution in [0.4, 0.5) is 13.2 Å². The van der Waals surface area contributed by atoms with Crippen molar-refractivity contribution in [1.82, 2.24) is 5.32 Å². The summed E-state index contributed by atoms with van der Waals surface area (Å²) in [4.78, 5) is 10.7. The lowest BCUT2D eigenvalue weighted by Crippen LogP contribution is -2.27. The molecule has 1 amide bonds. The zero-order valence-electron chi connectivity index (χ0n) is 12.1. The van der Waals surface area contributed by atoms with Crippen LogP contribution in [0.2, 0.25) is 0 Å². The van der Waals surface area contributed by atoms with E-state index in [1.54, 1.807) is 0 Å². The van der Waals surface area contributed by atoms with E-state index in [1.165, 1.54) is 13.0 Å². The molecule has 0 aromatic heterocycles. The zero-order valence-corrected chi connectivity index (χ0v) is 12.1. The third-order valence-corrected chi connectivity index (χ3v) is 3.05. The minimum Gasteiger partial charge on any atom is -0.496 e. The van der Waals surface area contributed by atoms with Crippen molar-refractivity contribution < 1.29 is 32.9 Å². The number of halogens is 3. The molecular formula is C14H18F3NO4. The summed E-state index contributed by atoms with van der Waals surface area (Å²) >= 11 is 0. The van der Waals surface area contributed by atoms with Crippen LogP contribution in [0.1, 0.15) is 30.6 Å². The molecule has 1 aromatic rings. The molecule has 0 aliphatic heterocycles. The number of methoxy groups -OCH3 is 1. The minimum absolute atomic E-state index is 0.00806. The molecule has 0 aliphatic rings. The fraction of sp³-hybridized carbons (Fsp3) is 0.500. The first-order valence-corrected chi connectivity index (χ1v) is 6.52. The number of ether oxygens (including phenoxy) is 1. The Hall–Kier alpha value is -1.80. The van der Waals surface area contributed by atoms with Gasteiger partial charge in [-0.3, -0.25) is 4.79 Å². The molecule has 0 fully saturated rings. The normalized spacial score (nSPS) is 14.3. The Kier molecular flexibility index (Phi) is 6.19. The highest BCUT2D eigenvalue weighted by Gasteiger charge is 2.35. The average molecular weight is 321 g/mol. The van der Waals surface area contributed by atoms with Gasteiger partial charge in [-0.05, 0) is 24.1 Å². The van der Waals surface area contributed by atoms with Crippen molar-refractivity contribution in [2.24, 2.45) is 0 Å². The third-order valence-electron chi connectivity index (χ3n) is 3.05. The maximum atomic E-state index is 12.9. The monoisotopic (exact) mass is 321 g/mol. The minimum atomic E-state index is -4.64. The number of nitrogens with one attached hydrogen (secondary N) is 1. The van der Waals surface area contributed by atoms with Gasteiger partial charge in [0.15, 0.2) is 0 Å². The third kappa shape index (κ3) is 4.88. The highest BCUT2D eigenvalue weighted by molar-refractivity contribution is 5.72. The first-order chi connectivity index (χ1) is 10.2. The van der Waals surface area contributed by atoms with Crippen LogP contribution in [0, 0.1) is 0 Å². The molecule has 0 heterocycles. The summed E-state index contributed by atoms with van der Waals surface area (Å²) in [6.07, 6.45) is -7.43. The van der Waals surface area contributed by atoms with Crippen molar-refractivity contribution in [2.45, 2.75) is 31.7 Å². The molecule has 0 radical (unpaired) electrons. The van der Waals surface area contributed by atoms with E-state index in [0.29, 0.717) is 0 Å². The molecule has 0 bridgehead atoms. The number of hydrogen-bond donors (Lipinski definition) is 3. The Morgan fingerprint density at radius 3 is 2.50 bits per heavy atom. The van der Waals surface area contributed by atoms with Gasteiger partial charge in [0.1, 0.15) is 11.9 Å². The molecule has 5 nitrogen and oxygen atoms in total. The summed E-state index contributed by atoms with van der Waals surface area (Å²) < 4.78 is 43.3. The topological polar surface area (TPSA) is 78.8 Å². The maximum Gasteiger partial charge on any atom is 0.419 e. The van der Waals surface area contributed by atoms with Crippen molar-refractivity contribution in [3.63, 3.8) is 0 Å². The molecule has 0 saturated carbocycles. The van der Waals surface area contributed by atoms with Crippen LogP contribution in [0.3, 0.4) is 0 Å². The number of alkyl halides is 3. The highest BCUT2D eigenvalue weighted by Crippen LogP contribution is 2.38. The van der Waals surface area contributed by atoms with Gasteiger partial charge in [-0.25, -0.2) is 0 Å². The summed E-state index contributed by atoms with van der Waals surface area (Å²) in [5.74, 6) is -0.665. The molecule has 3 N–H and O–H groups in total. The largest absolute Gasteiger partial charge is 0.496 e. The molecule has 1 aromatic carbocycles. The van der Waals surface area contributed by atoms with Gasteiger partial charge in [0, 0.05) is 13.5 Å². The Bertz CT molecular complexity index is 519. The van der Waals surface area contributed by atoms with Gasteiger partial charge < -0.3 is 20.3 Å². The number of rotatable bonds is 6. The van der Waals surface area contributed by atoms with Gasteiger partial charge in [0.05, 0.1) is 18.8 Å². The Morgan fingerprint density at radius 2 is 2.00 bits per heavy atom. The van der Waals surface area contributed by atoms with E-state index in [9.17, 15) is 28.2 Å². The van der Waals surface area contributed by atoms with E-state index in [0.717, 1.165) is 19.2 Å². The van der Waals surface area contributed by atoms with Gasteiger partial charge in [-0.2, -0.15) is 13.2 Å². The van der Waals surface area contributed by atoms with E-state index in [-0.39, 0.29) is 30.2 Å². The van der Waals surface area contributed by atoms with Crippen LogP contribution in [0.15, 0.2) is 18.2 Å². The van der Waals surface area contributed by atoms with Crippen LogP contribution in [0.25, 0.3) is 0 Å². The first kappa shape index (κ1) is 18.2. The van der Waals surface area contributed by atoms with Gasteiger partial charge in [0.2, 0.25) is 5.91 Å². The van der Waals surface area contributed by atoms with Gasteiger partial charge in [-0.15, -0.1) is 0 Å². The van der Waals surface area contributed by atoms with Crippen LogP contribution in [0.5, 0.6) is 5.75 Å². The molecule has 124 valence electrons. The van der Waals surface area contributed by atoms with Crippen LogP contribution >= 0.6 is 0 Å². The lowest BCUT2D eigenvalue weighted by molar-refractivity contribution is -0.139. The molecule has 2 atom stereocenters. The summed E-state index contributed by atoms with van der Waals surface area (Å²) in [6.45, 7) is 1.40. The summed E-state index contributed by atoms with van der Waals surface area (Å²) in [5.41, 5.74) is -1.11. The number of aliphatic hydroxyl groups excluding tert-OH is 2.